The lowest BCUT2D eigenvalue weighted by Gasteiger charge is -2.39. The van der Waals surface area contributed by atoms with Crippen molar-refractivity contribution >= 4 is 41.8 Å². The van der Waals surface area contributed by atoms with Crippen LogP contribution in [0.4, 0.5) is 0 Å². The van der Waals surface area contributed by atoms with Crippen LogP contribution in [0, 0.1) is 5.92 Å². The number of aliphatic imine (C=N–C) groups is 1. The number of imidazole rings is 1. The summed E-state index contributed by atoms with van der Waals surface area (Å²) in [6.45, 7) is 5.91. The zero-order valence-electron chi connectivity index (χ0n) is 19.1. The Kier molecular flexibility index (Phi) is 8.70. The molecule has 1 aromatic carbocycles. The second-order valence-electron chi connectivity index (χ2n) is 8.46. The topological polar surface area (TPSA) is 94.9 Å². The van der Waals surface area contributed by atoms with E-state index in [4.69, 9.17) is 0 Å². The van der Waals surface area contributed by atoms with Crippen LogP contribution in [0.1, 0.15) is 35.3 Å². The fourth-order valence-electron chi connectivity index (χ4n) is 4.37. The number of aromatic nitrogens is 2. The van der Waals surface area contributed by atoms with Crippen LogP contribution in [0.15, 0.2) is 48.0 Å². The molecule has 178 valence electrons. The van der Waals surface area contributed by atoms with Gasteiger partial charge in [0, 0.05) is 57.7 Å². The number of piperidine rings is 1. The van der Waals surface area contributed by atoms with Gasteiger partial charge in [-0.2, -0.15) is 0 Å². The maximum absolute atomic E-state index is 12.6. The van der Waals surface area contributed by atoms with Gasteiger partial charge in [0.05, 0.1) is 18.9 Å². The van der Waals surface area contributed by atoms with E-state index in [0.717, 1.165) is 31.0 Å². The number of nitrogens with one attached hydrogen (secondary N) is 2. The SMILES string of the molecule is CN=C(NCc1ccc(C(=O)N2CCNC(=O)C2)cc1)N1CCC(C)C(n2ccnc2)C1.I. The van der Waals surface area contributed by atoms with Gasteiger partial charge in [0.15, 0.2) is 5.96 Å². The molecule has 2 aromatic rings. The van der Waals surface area contributed by atoms with Crippen LogP contribution < -0.4 is 10.6 Å². The second kappa shape index (κ2) is 11.5. The Hall–Kier alpha value is -2.63. The first-order chi connectivity index (χ1) is 15.5. The van der Waals surface area contributed by atoms with Gasteiger partial charge >= 0.3 is 0 Å². The second-order valence-corrected chi connectivity index (χ2v) is 8.46. The quantitative estimate of drug-likeness (QED) is 0.335. The average molecular weight is 565 g/mol. The Balaban J connectivity index is 0.00000306. The first-order valence-electron chi connectivity index (χ1n) is 11.1. The summed E-state index contributed by atoms with van der Waals surface area (Å²) < 4.78 is 2.19. The van der Waals surface area contributed by atoms with Gasteiger partial charge in [-0.15, -0.1) is 24.0 Å². The monoisotopic (exact) mass is 565 g/mol. The molecule has 1 aromatic heterocycles. The normalized spacial score (nSPS) is 21.3. The van der Waals surface area contributed by atoms with E-state index in [9.17, 15) is 9.59 Å². The van der Waals surface area contributed by atoms with Gasteiger partial charge in [-0.3, -0.25) is 14.6 Å². The van der Waals surface area contributed by atoms with Gasteiger partial charge in [0.25, 0.3) is 5.91 Å². The largest absolute Gasteiger partial charge is 0.353 e. The molecule has 10 heteroatoms. The van der Waals surface area contributed by atoms with E-state index in [1.165, 1.54) is 0 Å². The van der Waals surface area contributed by atoms with Crippen molar-refractivity contribution in [2.24, 2.45) is 10.9 Å². The van der Waals surface area contributed by atoms with Crippen LogP contribution in [0.5, 0.6) is 0 Å². The molecule has 33 heavy (non-hydrogen) atoms. The number of benzene rings is 1. The molecular formula is C23H32IN7O2. The van der Waals surface area contributed by atoms with E-state index in [1.807, 2.05) is 50.0 Å². The summed E-state index contributed by atoms with van der Waals surface area (Å²) in [6, 6.07) is 7.92. The zero-order valence-corrected chi connectivity index (χ0v) is 21.4. The molecule has 0 radical (unpaired) electrons. The number of likely N-dealkylation sites (tertiary alicyclic amines) is 1. The van der Waals surface area contributed by atoms with Gasteiger partial charge in [-0.25, -0.2) is 4.98 Å². The van der Waals surface area contributed by atoms with Crippen molar-refractivity contribution in [3.8, 4) is 0 Å². The highest BCUT2D eigenvalue weighted by molar-refractivity contribution is 14.0. The van der Waals surface area contributed by atoms with E-state index < -0.39 is 0 Å². The predicted molar refractivity (Wildman–Crippen MR) is 138 cm³/mol. The molecule has 0 bridgehead atoms. The fourth-order valence-corrected chi connectivity index (χ4v) is 4.37. The number of amides is 2. The number of hydrogen-bond acceptors (Lipinski definition) is 4. The molecule has 2 unspecified atom stereocenters. The lowest BCUT2D eigenvalue weighted by molar-refractivity contribution is -0.123. The molecule has 2 aliphatic heterocycles. The summed E-state index contributed by atoms with van der Waals surface area (Å²) in [6.07, 6.45) is 6.84. The van der Waals surface area contributed by atoms with Gasteiger partial charge < -0.3 is 25.0 Å². The van der Waals surface area contributed by atoms with E-state index in [2.05, 4.69) is 37.0 Å². The smallest absolute Gasteiger partial charge is 0.254 e. The van der Waals surface area contributed by atoms with E-state index in [-0.39, 0.29) is 42.3 Å². The van der Waals surface area contributed by atoms with Crippen molar-refractivity contribution in [3.05, 3.63) is 54.1 Å². The molecule has 2 saturated heterocycles. The van der Waals surface area contributed by atoms with E-state index in [1.54, 1.807) is 4.90 Å². The minimum atomic E-state index is -0.112. The Bertz CT molecular complexity index is 962. The third-order valence-electron chi connectivity index (χ3n) is 6.31. The molecule has 0 saturated carbocycles. The number of piperazine rings is 1. The number of nitrogens with zero attached hydrogens (tertiary/aromatic N) is 5. The molecule has 2 N–H and O–H groups in total. The standard InChI is InChI=1S/C23H31N7O2.HI/c1-17-7-10-29(14-20(17)30-11-8-25-16-30)23(24-2)27-13-18-3-5-19(6-4-18)22(32)28-12-9-26-21(31)15-28;/h3-6,8,11,16-17,20H,7,9-10,12-15H2,1-2H3,(H,24,27)(H,26,31);1H. The summed E-state index contributed by atoms with van der Waals surface area (Å²) >= 11 is 0. The van der Waals surface area contributed by atoms with Crippen molar-refractivity contribution in [1.29, 1.82) is 0 Å². The fraction of sp³-hybridized carbons (Fsp3) is 0.478. The number of carbonyl (C=O) groups excluding carboxylic acids is 2. The summed E-state index contributed by atoms with van der Waals surface area (Å²) in [5.41, 5.74) is 1.66. The minimum absolute atomic E-state index is 0. The minimum Gasteiger partial charge on any atom is -0.353 e. The number of halogens is 1. The highest BCUT2D eigenvalue weighted by Crippen LogP contribution is 2.27. The van der Waals surface area contributed by atoms with Crippen LogP contribution in [-0.2, 0) is 11.3 Å². The zero-order chi connectivity index (χ0) is 22.5. The third-order valence-corrected chi connectivity index (χ3v) is 6.31. The van der Waals surface area contributed by atoms with E-state index in [0.29, 0.717) is 37.2 Å². The summed E-state index contributed by atoms with van der Waals surface area (Å²) in [5.74, 6) is 1.23. The summed E-state index contributed by atoms with van der Waals surface area (Å²) in [4.78, 5) is 36.7. The van der Waals surface area contributed by atoms with Crippen LogP contribution in [0.3, 0.4) is 0 Å². The first-order valence-corrected chi connectivity index (χ1v) is 11.1. The Morgan fingerprint density at radius 1 is 1.24 bits per heavy atom. The summed E-state index contributed by atoms with van der Waals surface area (Å²) in [5, 5.41) is 6.20. The molecule has 2 fully saturated rings. The highest BCUT2D eigenvalue weighted by Gasteiger charge is 2.29. The molecular weight excluding hydrogens is 533 g/mol. The highest BCUT2D eigenvalue weighted by atomic mass is 127. The lowest BCUT2D eigenvalue weighted by atomic mass is 9.93. The Morgan fingerprint density at radius 2 is 2.03 bits per heavy atom. The summed E-state index contributed by atoms with van der Waals surface area (Å²) in [7, 11) is 1.81. The van der Waals surface area contributed by atoms with Gasteiger partial charge in [0.1, 0.15) is 0 Å². The molecule has 3 heterocycles. The lowest BCUT2D eigenvalue weighted by Crippen LogP contribution is -2.50. The van der Waals surface area contributed by atoms with Crippen LogP contribution >= 0.6 is 24.0 Å². The molecule has 0 spiro atoms. The first kappa shape index (κ1) is 25.0. The van der Waals surface area contributed by atoms with Gasteiger partial charge in [-0.05, 0) is 30.0 Å². The van der Waals surface area contributed by atoms with Crippen molar-refractivity contribution < 1.29 is 9.59 Å². The van der Waals surface area contributed by atoms with Gasteiger partial charge in [0.2, 0.25) is 5.91 Å². The van der Waals surface area contributed by atoms with Crippen molar-refractivity contribution in [2.45, 2.75) is 25.9 Å². The van der Waals surface area contributed by atoms with E-state index >= 15 is 0 Å². The molecule has 2 amide bonds. The molecule has 2 aliphatic rings. The predicted octanol–water partition coefficient (Wildman–Crippen LogP) is 1.73. The number of hydrogen-bond donors (Lipinski definition) is 2. The number of rotatable bonds is 4. The van der Waals surface area contributed by atoms with Crippen LogP contribution in [0.25, 0.3) is 0 Å². The Morgan fingerprint density at radius 3 is 2.70 bits per heavy atom. The van der Waals surface area contributed by atoms with Crippen molar-refractivity contribution in [2.75, 3.05) is 39.8 Å². The maximum Gasteiger partial charge on any atom is 0.254 e. The molecule has 4 rings (SSSR count). The number of guanidine groups is 1. The number of carbonyl (C=O) groups is 2. The van der Waals surface area contributed by atoms with Crippen molar-refractivity contribution in [1.82, 2.24) is 30.0 Å². The third kappa shape index (κ3) is 6.04. The Labute approximate surface area is 211 Å². The maximum atomic E-state index is 12.6. The van der Waals surface area contributed by atoms with Crippen LogP contribution in [0.2, 0.25) is 0 Å². The average Bonchev–Trinajstić information content (AvgIpc) is 3.35. The van der Waals surface area contributed by atoms with Crippen LogP contribution in [-0.4, -0.2) is 76.9 Å². The van der Waals surface area contributed by atoms with Crippen molar-refractivity contribution in [3.63, 3.8) is 0 Å². The molecule has 9 nitrogen and oxygen atoms in total. The molecule has 0 aliphatic carbocycles. The van der Waals surface area contributed by atoms with Gasteiger partial charge in [-0.1, -0.05) is 19.1 Å². The molecule has 2 atom stereocenters.